The lowest BCUT2D eigenvalue weighted by Gasteiger charge is -2.19. The summed E-state index contributed by atoms with van der Waals surface area (Å²) in [6.07, 6.45) is 7.47. The molecule has 104 valence electrons. The zero-order valence-corrected chi connectivity index (χ0v) is 11.9. The molecular formula is C16H12N2O2S. The minimum atomic E-state index is -0.504. The van der Waals surface area contributed by atoms with Crippen LogP contribution in [0.1, 0.15) is 10.4 Å². The topological polar surface area (TPSA) is 58.9 Å². The van der Waals surface area contributed by atoms with Crippen LogP contribution in [0, 0.1) is 5.92 Å². The molecule has 1 aliphatic heterocycles. The largest absolute Gasteiger partial charge is 0.368 e. The third-order valence-electron chi connectivity index (χ3n) is 3.14. The van der Waals surface area contributed by atoms with E-state index >= 15 is 0 Å². The molecule has 21 heavy (non-hydrogen) atoms. The number of benzene rings is 1. The molecule has 1 heterocycles. The Bertz CT molecular complexity index is 702. The molecule has 1 aromatic carbocycles. The normalized spacial score (nSPS) is 19.8. The molecule has 3 rings (SSSR count). The molecule has 0 bridgehead atoms. The van der Waals surface area contributed by atoms with Gasteiger partial charge < -0.3 is 0 Å². The van der Waals surface area contributed by atoms with Gasteiger partial charge in [0.05, 0.1) is 22.4 Å². The number of carbonyl (C=O) groups excluding carboxylic acids is 2. The fraction of sp³-hybridized carbons (Fsp3) is 0.125. The number of hydrogen-bond donors (Lipinski definition) is 0. The summed E-state index contributed by atoms with van der Waals surface area (Å²) in [6.45, 7) is 0. The number of urea groups is 1. The molecule has 2 aliphatic rings. The van der Waals surface area contributed by atoms with E-state index < -0.39 is 6.03 Å². The van der Waals surface area contributed by atoms with Gasteiger partial charge in [0.2, 0.25) is 0 Å². The predicted octanol–water partition coefficient (Wildman–Crippen LogP) is 3.32. The number of rotatable bonds is 3. The first-order chi connectivity index (χ1) is 10.2. The van der Waals surface area contributed by atoms with Crippen molar-refractivity contribution >= 4 is 34.3 Å². The number of thioether (sulfide) groups is 1. The number of carbonyl (C=O) groups is 2. The maximum atomic E-state index is 12.1. The maximum absolute atomic E-state index is 12.1. The lowest BCUT2D eigenvalue weighted by atomic mass is 9.99. The van der Waals surface area contributed by atoms with Crippen LogP contribution in [-0.2, 0) is 0 Å². The summed E-state index contributed by atoms with van der Waals surface area (Å²) < 4.78 is 0. The van der Waals surface area contributed by atoms with Gasteiger partial charge in [-0.25, -0.2) is 4.79 Å². The number of ketones is 1. The Kier molecular flexibility index (Phi) is 3.92. The summed E-state index contributed by atoms with van der Waals surface area (Å²) >= 11 is 1.30. The van der Waals surface area contributed by atoms with Crippen molar-refractivity contribution in [2.45, 2.75) is 0 Å². The third kappa shape index (κ3) is 3.08. The smallest absolute Gasteiger partial charge is 0.293 e. The highest BCUT2D eigenvalue weighted by atomic mass is 32.2. The molecule has 2 amide bonds. The van der Waals surface area contributed by atoms with Gasteiger partial charge in [0.25, 0.3) is 0 Å². The van der Waals surface area contributed by atoms with E-state index in [2.05, 4.69) is 9.98 Å². The summed E-state index contributed by atoms with van der Waals surface area (Å²) in [6, 6.07) is 8.60. The van der Waals surface area contributed by atoms with Crippen LogP contribution in [0.5, 0.6) is 0 Å². The second kappa shape index (κ2) is 6.01. The molecule has 5 heteroatoms. The van der Waals surface area contributed by atoms with Crippen LogP contribution < -0.4 is 0 Å². The first kappa shape index (κ1) is 13.7. The molecule has 1 aromatic rings. The number of nitrogens with zero attached hydrogens (tertiary/aromatic N) is 2. The van der Waals surface area contributed by atoms with Crippen molar-refractivity contribution in [3.05, 3.63) is 60.2 Å². The number of hydrogen-bond acceptors (Lipinski definition) is 3. The van der Waals surface area contributed by atoms with Crippen molar-refractivity contribution in [3.63, 3.8) is 0 Å². The predicted molar refractivity (Wildman–Crippen MR) is 85.3 cm³/mol. The van der Waals surface area contributed by atoms with Gasteiger partial charge >= 0.3 is 6.03 Å². The van der Waals surface area contributed by atoms with Crippen molar-refractivity contribution in [2.24, 2.45) is 15.9 Å². The highest BCUT2D eigenvalue weighted by Crippen LogP contribution is 2.24. The van der Waals surface area contributed by atoms with Gasteiger partial charge in [-0.2, -0.15) is 9.98 Å². The van der Waals surface area contributed by atoms with Crippen LogP contribution in [0.15, 0.2) is 64.6 Å². The minimum Gasteiger partial charge on any atom is -0.293 e. The second-order valence-corrected chi connectivity index (χ2v) is 5.56. The summed E-state index contributed by atoms with van der Waals surface area (Å²) in [5, 5.41) is 0.634. The summed E-state index contributed by atoms with van der Waals surface area (Å²) in [7, 11) is 0. The van der Waals surface area contributed by atoms with E-state index in [1.54, 1.807) is 18.2 Å². The van der Waals surface area contributed by atoms with Crippen LogP contribution in [0.2, 0.25) is 0 Å². The Morgan fingerprint density at radius 3 is 2.76 bits per heavy atom. The zero-order chi connectivity index (χ0) is 14.7. The molecule has 1 unspecified atom stereocenters. The fourth-order valence-corrected chi connectivity index (χ4v) is 3.08. The first-order valence-corrected chi connectivity index (χ1v) is 7.49. The molecule has 0 fully saturated rings. The number of allylic oxidation sites excluding steroid dienone is 4. The summed E-state index contributed by atoms with van der Waals surface area (Å²) in [5.41, 5.74) is 1.35. The Morgan fingerprint density at radius 2 is 1.95 bits per heavy atom. The van der Waals surface area contributed by atoms with Gasteiger partial charge in [0.1, 0.15) is 0 Å². The number of fused-ring (bicyclic) bond motifs is 1. The van der Waals surface area contributed by atoms with Gasteiger partial charge in [0, 0.05) is 5.56 Å². The van der Waals surface area contributed by atoms with E-state index in [4.69, 9.17) is 0 Å². The molecule has 0 aromatic heterocycles. The van der Waals surface area contributed by atoms with E-state index in [9.17, 15) is 9.59 Å². The maximum Gasteiger partial charge on any atom is 0.368 e. The lowest BCUT2D eigenvalue weighted by Crippen LogP contribution is -2.26. The van der Waals surface area contributed by atoms with Crippen LogP contribution in [0.25, 0.3) is 0 Å². The monoisotopic (exact) mass is 296 g/mol. The quantitative estimate of drug-likeness (QED) is 0.804. The number of aliphatic imine (C=N–C) groups is 2. The van der Waals surface area contributed by atoms with Gasteiger partial charge in [-0.3, -0.25) is 4.79 Å². The molecular weight excluding hydrogens is 284 g/mol. The van der Waals surface area contributed by atoms with Gasteiger partial charge in [-0.05, 0) is 6.08 Å². The Morgan fingerprint density at radius 1 is 1.14 bits per heavy atom. The van der Waals surface area contributed by atoms with Crippen molar-refractivity contribution in [2.75, 3.05) is 5.75 Å². The van der Waals surface area contributed by atoms with Gasteiger partial charge in [-0.15, -0.1) is 11.8 Å². The van der Waals surface area contributed by atoms with E-state index in [1.165, 1.54) is 11.8 Å². The second-order valence-electron chi connectivity index (χ2n) is 4.57. The van der Waals surface area contributed by atoms with Crippen LogP contribution in [-0.4, -0.2) is 28.3 Å². The number of amides is 2. The van der Waals surface area contributed by atoms with Crippen LogP contribution in [0.4, 0.5) is 4.79 Å². The SMILES string of the molecule is O=C1N=C2C=CC=CC2C(SCC(=O)c2ccccc2)=N1. The molecule has 0 radical (unpaired) electrons. The average Bonchev–Trinajstić information content (AvgIpc) is 2.53. The van der Waals surface area contributed by atoms with Crippen LogP contribution in [0.3, 0.4) is 0 Å². The van der Waals surface area contributed by atoms with Gasteiger partial charge in [-0.1, -0.05) is 48.6 Å². The third-order valence-corrected chi connectivity index (χ3v) is 4.19. The zero-order valence-electron chi connectivity index (χ0n) is 11.1. The van der Waals surface area contributed by atoms with Crippen molar-refractivity contribution in [3.8, 4) is 0 Å². The average molecular weight is 296 g/mol. The molecule has 4 nitrogen and oxygen atoms in total. The van der Waals surface area contributed by atoms with E-state index in [1.807, 2.05) is 36.4 Å². The summed E-state index contributed by atoms with van der Waals surface area (Å²) in [4.78, 5) is 31.5. The van der Waals surface area contributed by atoms with Crippen molar-refractivity contribution < 1.29 is 9.59 Å². The van der Waals surface area contributed by atoms with E-state index in [0.29, 0.717) is 16.3 Å². The van der Waals surface area contributed by atoms with Crippen molar-refractivity contribution in [1.82, 2.24) is 0 Å². The molecule has 0 N–H and O–H groups in total. The lowest BCUT2D eigenvalue weighted by molar-refractivity contribution is 0.102. The van der Waals surface area contributed by atoms with Crippen LogP contribution >= 0.6 is 11.8 Å². The molecule has 1 aliphatic carbocycles. The molecule has 0 saturated carbocycles. The fourth-order valence-electron chi connectivity index (χ4n) is 2.12. The standard InChI is InChI=1S/C16H12N2O2S/c19-14(11-6-2-1-3-7-11)10-21-15-12-8-4-5-9-13(12)17-16(20)18-15/h1-9,12H,10H2. The van der Waals surface area contributed by atoms with E-state index in [0.717, 1.165) is 0 Å². The Labute approximate surface area is 126 Å². The minimum absolute atomic E-state index is 0.0233. The summed E-state index contributed by atoms with van der Waals surface area (Å²) in [5.74, 6) is 0.175. The first-order valence-electron chi connectivity index (χ1n) is 6.51. The number of Topliss-reactive ketones (excluding diaryl/α,β-unsaturated/α-hetero) is 1. The Hall–Kier alpha value is -2.27. The van der Waals surface area contributed by atoms with Gasteiger partial charge in [0.15, 0.2) is 5.78 Å². The highest BCUT2D eigenvalue weighted by Gasteiger charge is 2.26. The van der Waals surface area contributed by atoms with E-state index in [-0.39, 0.29) is 17.5 Å². The Balaban J connectivity index is 1.70. The highest BCUT2D eigenvalue weighted by molar-refractivity contribution is 8.14. The molecule has 0 saturated heterocycles. The molecule has 0 spiro atoms. The van der Waals surface area contributed by atoms with Crippen molar-refractivity contribution in [1.29, 1.82) is 0 Å². The molecule has 1 atom stereocenters.